The number of thiazole rings is 1. The quantitative estimate of drug-likeness (QED) is 0.942. The van der Waals surface area contributed by atoms with Crippen molar-refractivity contribution in [3.63, 3.8) is 0 Å². The Labute approximate surface area is 116 Å². The van der Waals surface area contributed by atoms with Crippen molar-refractivity contribution in [3.05, 3.63) is 35.5 Å². The Bertz CT molecular complexity index is 708. The van der Waals surface area contributed by atoms with Gasteiger partial charge in [-0.15, -0.1) is 0 Å². The Balaban J connectivity index is 2.52. The van der Waals surface area contributed by atoms with Gasteiger partial charge in [0.05, 0.1) is 11.4 Å². The molecule has 102 valence electrons. The predicted molar refractivity (Wildman–Crippen MR) is 78.0 cm³/mol. The van der Waals surface area contributed by atoms with Crippen LogP contribution < -0.4 is 10.0 Å². The molecule has 19 heavy (non-hydrogen) atoms. The highest BCUT2D eigenvalue weighted by Gasteiger charge is 2.27. The molecule has 2 N–H and O–H groups in total. The van der Waals surface area contributed by atoms with E-state index in [1.807, 2.05) is 25.1 Å². The summed E-state index contributed by atoms with van der Waals surface area (Å²) in [6.07, 6.45) is 0. The minimum atomic E-state index is -3.62. The minimum absolute atomic E-state index is 0.191. The highest BCUT2D eigenvalue weighted by molar-refractivity contribution is 7.94. The first-order chi connectivity index (χ1) is 8.84. The first-order valence-electron chi connectivity index (χ1n) is 5.61. The third kappa shape index (κ3) is 2.43. The van der Waals surface area contributed by atoms with Crippen LogP contribution in [0.15, 0.2) is 28.5 Å². The lowest BCUT2D eigenvalue weighted by atomic mass is 10.2. The van der Waals surface area contributed by atoms with Gasteiger partial charge in [-0.2, -0.15) is 0 Å². The molecule has 0 aliphatic heterocycles. The van der Waals surface area contributed by atoms with Crippen LogP contribution in [0, 0.1) is 13.8 Å². The maximum absolute atomic E-state index is 12.6. The summed E-state index contributed by atoms with van der Waals surface area (Å²) in [4.78, 5) is 3.97. The first-order valence-corrected chi connectivity index (χ1v) is 7.87. The van der Waals surface area contributed by atoms with Crippen LogP contribution >= 0.6 is 11.3 Å². The van der Waals surface area contributed by atoms with Gasteiger partial charge in [0, 0.05) is 7.05 Å². The number of para-hydroxylation sites is 1. The Kier molecular flexibility index (Phi) is 3.51. The van der Waals surface area contributed by atoms with E-state index in [1.165, 1.54) is 11.4 Å². The van der Waals surface area contributed by atoms with Gasteiger partial charge in [-0.25, -0.2) is 13.4 Å². The number of rotatable bonds is 3. The smallest absolute Gasteiger partial charge is 0.275 e. The Hall–Kier alpha value is -1.60. The monoisotopic (exact) mass is 297 g/mol. The number of nitrogens with two attached hydrogens (primary N) is 1. The number of nitrogen functional groups attached to an aromatic ring is 1. The second-order valence-electron chi connectivity index (χ2n) is 4.18. The van der Waals surface area contributed by atoms with Gasteiger partial charge in [0.2, 0.25) is 0 Å². The molecule has 5 nitrogen and oxygen atoms in total. The summed E-state index contributed by atoms with van der Waals surface area (Å²) in [7, 11) is -2.08. The summed E-state index contributed by atoms with van der Waals surface area (Å²) in [5.41, 5.74) is 7.54. The van der Waals surface area contributed by atoms with E-state index in [0.717, 1.165) is 16.9 Å². The number of benzene rings is 1. The zero-order valence-corrected chi connectivity index (χ0v) is 12.5. The topological polar surface area (TPSA) is 76.3 Å². The Morgan fingerprint density at radius 3 is 2.42 bits per heavy atom. The minimum Gasteiger partial charge on any atom is -0.375 e. The molecule has 0 saturated carbocycles. The van der Waals surface area contributed by atoms with Gasteiger partial charge < -0.3 is 5.73 Å². The van der Waals surface area contributed by atoms with E-state index in [9.17, 15) is 8.42 Å². The Morgan fingerprint density at radius 1 is 1.26 bits per heavy atom. The third-order valence-electron chi connectivity index (χ3n) is 2.82. The van der Waals surface area contributed by atoms with Gasteiger partial charge in [0.1, 0.15) is 0 Å². The van der Waals surface area contributed by atoms with Gasteiger partial charge in [0.25, 0.3) is 10.0 Å². The molecule has 1 aromatic carbocycles. The fourth-order valence-electron chi connectivity index (χ4n) is 1.81. The molecule has 0 saturated heterocycles. The summed E-state index contributed by atoms with van der Waals surface area (Å²) >= 11 is 0.987. The van der Waals surface area contributed by atoms with Crippen LogP contribution in [0.1, 0.15) is 11.3 Å². The SMILES string of the molecule is Cc1ccccc1N(C)S(=O)(=O)c1sc(N)nc1C. The lowest BCUT2D eigenvalue weighted by Crippen LogP contribution is -2.27. The molecular formula is C12H15N3O2S2. The zero-order chi connectivity index (χ0) is 14.2. The lowest BCUT2D eigenvalue weighted by Gasteiger charge is -2.20. The molecular weight excluding hydrogens is 282 g/mol. The maximum atomic E-state index is 12.6. The van der Waals surface area contributed by atoms with Gasteiger partial charge in [-0.05, 0) is 25.5 Å². The highest BCUT2D eigenvalue weighted by atomic mass is 32.2. The van der Waals surface area contributed by atoms with Crippen molar-refractivity contribution >= 4 is 32.2 Å². The van der Waals surface area contributed by atoms with Gasteiger partial charge in [-0.1, -0.05) is 29.5 Å². The van der Waals surface area contributed by atoms with Crippen molar-refractivity contribution in [2.45, 2.75) is 18.1 Å². The normalized spacial score (nSPS) is 11.5. The third-order valence-corrected chi connectivity index (χ3v) is 6.16. The van der Waals surface area contributed by atoms with E-state index < -0.39 is 10.0 Å². The summed E-state index contributed by atoms with van der Waals surface area (Å²) < 4.78 is 26.6. The largest absolute Gasteiger partial charge is 0.375 e. The number of aromatic nitrogens is 1. The summed E-state index contributed by atoms with van der Waals surface area (Å²) in [6, 6.07) is 7.32. The number of hydrogen-bond acceptors (Lipinski definition) is 5. The van der Waals surface area contributed by atoms with Crippen molar-refractivity contribution in [1.82, 2.24) is 4.98 Å². The maximum Gasteiger partial charge on any atom is 0.275 e. The molecule has 1 aromatic heterocycles. The predicted octanol–water partition coefficient (Wildman–Crippen LogP) is 2.17. The Morgan fingerprint density at radius 2 is 1.89 bits per heavy atom. The van der Waals surface area contributed by atoms with E-state index in [-0.39, 0.29) is 9.34 Å². The molecule has 2 aromatic rings. The highest BCUT2D eigenvalue weighted by Crippen LogP contribution is 2.31. The molecule has 0 radical (unpaired) electrons. The molecule has 1 heterocycles. The van der Waals surface area contributed by atoms with Crippen molar-refractivity contribution in [2.24, 2.45) is 0 Å². The first kappa shape index (κ1) is 13.8. The number of anilines is 2. The van der Waals surface area contributed by atoms with Crippen LogP contribution in [-0.4, -0.2) is 20.4 Å². The second-order valence-corrected chi connectivity index (χ2v) is 7.38. The van der Waals surface area contributed by atoms with Crippen molar-refractivity contribution < 1.29 is 8.42 Å². The van der Waals surface area contributed by atoms with Crippen LogP contribution in [0.3, 0.4) is 0 Å². The fraction of sp³-hybridized carbons (Fsp3) is 0.250. The fourth-order valence-corrected chi connectivity index (χ4v) is 4.52. The molecule has 7 heteroatoms. The molecule has 0 amide bonds. The standard InChI is InChI=1S/C12H15N3O2S2/c1-8-6-4-5-7-10(8)15(3)19(16,17)11-9(2)14-12(13)18-11/h4-7H,1-3H3,(H2,13,14). The lowest BCUT2D eigenvalue weighted by molar-refractivity contribution is 0.595. The summed E-state index contributed by atoms with van der Waals surface area (Å²) in [5.74, 6) is 0. The number of sulfonamides is 1. The van der Waals surface area contributed by atoms with Gasteiger partial charge >= 0.3 is 0 Å². The van der Waals surface area contributed by atoms with E-state index in [2.05, 4.69) is 4.98 Å². The van der Waals surface area contributed by atoms with E-state index >= 15 is 0 Å². The van der Waals surface area contributed by atoms with E-state index in [0.29, 0.717) is 11.4 Å². The average molecular weight is 297 g/mol. The van der Waals surface area contributed by atoms with Crippen LogP contribution in [0.4, 0.5) is 10.8 Å². The molecule has 0 bridgehead atoms. The summed E-state index contributed by atoms with van der Waals surface area (Å²) in [5, 5.41) is 0.259. The van der Waals surface area contributed by atoms with Crippen molar-refractivity contribution in [2.75, 3.05) is 17.1 Å². The van der Waals surface area contributed by atoms with Crippen LogP contribution in [0.25, 0.3) is 0 Å². The number of aryl methyl sites for hydroxylation is 2. The molecule has 0 unspecified atom stereocenters. The molecule has 2 rings (SSSR count). The number of nitrogens with zero attached hydrogens (tertiary/aromatic N) is 2. The molecule has 0 fully saturated rings. The number of hydrogen-bond donors (Lipinski definition) is 1. The van der Waals surface area contributed by atoms with Gasteiger partial charge in [-0.3, -0.25) is 4.31 Å². The molecule has 0 aliphatic rings. The van der Waals surface area contributed by atoms with Crippen LogP contribution in [-0.2, 0) is 10.0 Å². The van der Waals surface area contributed by atoms with E-state index in [1.54, 1.807) is 13.0 Å². The van der Waals surface area contributed by atoms with E-state index in [4.69, 9.17) is 5.73 Å². The molecule has 0 aliphatic carbocycles. The molecule has 0 atom stereocenters. The summed E-state index contributed by atoms with van der Waals surface area (Å²) in [6.45, 7) is 3.51. The zero-order valence-electron chi connectivity index (χ0n) is 10.9. The second kappa shape index (κ2) is 4.82. The van der Waals surface area contributed by atoms with Crippen LogP contribution in [0.2, 0.25) is 0 Å². The van der Waals surface area contributed by atoms with Crippen molar-refractivity contribution in [3.8, 4) is 0 Å². The van der Waals surface area contributed by atoms with Crippen LogP contribution in [0.5, 0.6) is 0 Å². The average Bonchev–Trinajstić information content (AvgIpc) is 2.69. The molecule has 0 spiro atoms. The van der Waals surface area contributed by atoms with Gasteiger partial charge in [0.15, 0.2) is 9.34 Å². The van der Waals surface area contributed by atoms with Crippen molar-refractivity contribution in [1.29, 1.82) is 0 Å².